The normalized spacial score (nSPS) is 12.1. The maximum absolute atomic E-state index is 10.5. The van der Waals surface area contributed by atoms with Crippen LogP contribution in [0, 0.1) is 11.3 Å². The number of carboxylic acid groups (broad SMARTS) is 1. The number of benzene rings is 1. The Morgan fingerprint density at radius 1 is 1.65 bits per heavy atom. The number of halogens is 1. The number of nitriles is 1. The number of para-hydroxylation sites is 1. The van der Waals surface area contributed by atoms with Gasteiger partial charge in [-0.05, 0) is 35.0 Å². The zero-order chi connectivity index (χ0) is 12.8. The summed E-state index contributed by atoms with van der Waals surface area (Å²) in [6.07, 6.45) is 1.84. The molecule has 1 aromatic rings. The number of ether oxygens (including phenoxy) is 1. The number of hydrogen-bond donors (Lipinski definition) is 1. The molecular formula is C12H10BrNO3. The predicted octanol–water partition coefficient (Wildman–Crippen LogP) is 2.84. The van der Waals surface area contributed by atoms with Gasteiger partial charge in [0.25, 0.3) is 0 Å². The van der Waals surface area contributed by atoms with Crippen molar-refractivity contribution in [3.05, 3.63) is 34.3 Å². The van der Waals surface area contributed by atoms with E-state index in [1.807, 2.05) is 6.07 Å². The zero-order valence-electron chi connectivity index (χ0n) is 9.05. The fourth-order valence-corrected chi connectivity index (χ4v) is 1.62. The van der Waals surface area contributed by atoms with Gasteiger partial charge in [0.1, 0.15) is 11.8 Å². The standard InChI is InChI=1S/C12H10BrNO3/c1-8(7-14)17-12-9(5-6-11(15)16)3-2-4-10(12)13/h2-6,8H,1H3,(H,15,16). The number of nitrogens with zero attached hydrogens (tertiary/aromatic N) is 1. The van der Waals surface area contributed by atoms with Gasteiger partial charge in [0.05, 0.1) is 4.47 Å². The maximum atomic E-state index is 10.5. The summed E-state index contributed by atoms with van der Waals surface area (Å²) in [5, 5.41) is 17.3. The molecule has 1 unspecified atom stereocenters. The number of carbonyl (C=O) groups is 1. The summed E-state index contributed by atoms with van der Waals surface area (Å²) in [4.78, 5) is 10.5. The van der Waals surface area contributed by atoms with Gasteiger partial charge in [-0.1, -0.05) is 12.1 Å². The van der Waals surface area contributed by atoms with Gasteiger partial charge in [-0.25, -0.2) is 4.79 Å². The van der Waals surface area contributed by atoms with Crippen LogP contribution in [0.15, 0.2) is 28.7 Å². The second-order valence-corrected chi connectivity index (χ2v) is 4.07. The molecule has 0 saturated carbocycles. The minimum atomic E-state index is -1.04. The summed E-state index contributed by atoms with van der Waals surface area (Å²) in [6.45, 7) is 1.62. The Balaban J connectivity index is 3.09. The Hall–Kier alpha value is -1.80. The van der Waals surface area contributed by atoms with Crippen molar-refractivity contribution in [2.75, 3.05) is 0 Å². The van der Waals surface area contributed by atoms with Gasteiger partial charge in [-0.2, -0.15) is 5.26 Å². The lowest BCUT2D eigenvalue weighted by atomic mass is 10.2. The summed E-state index contributed by atoms with van der Waals surface area (Å²) in [7, 11) is 0. The van der Waals surface area contributed by atoms with Crippen molar-refractivity contribution in [2.24, 2.45) is 0 Å². The lowest BCUT2D eigenvalue weighted by Gasteiger charge is -2.12. The molecule has 1 aromatic carbocycles. The molecular weight excluding hydrogens is 286 g/mol. The van der Waals surface area contributed by atoms with E-state index in [0.717, 1.165) is 6.08 Å². The highest BCUT2D eigenvalue weighted by molar-refractivity contribution is 9.10. The predicted molar refractivity (Wildman–Crippen MR) is 66.5 cm³/mol. The number of rotatable bonds is 4. The van der Waals surface area contributed by atoms with E-state index in [4.69, 9.17) is 15.1 Å². The highest BCUT2D eigenvalue weighted by Gasteiger charge is 2.09. The molecule has 0 aliphatic heterocycles. The molecule has 0 saturated heterocycles. The summed E-state index contributed by atoms with van der Waals surface area (Å²) in [6, 6.07) is 7.18. The zero-order valence-corrected chi connectivity index (χ0v) is 10.6. The van der Waals surface area contributed by atoms with Crippen LogP contribution >= 0.6 is 15.9 Å². The van der Waals surface area contributed by atoms with Crippen LogP contribution < -0.4 is 4.74 Å². The third-order valence-electron chi connectivity index (χ3n) is 1.88. The fourth-order valence-electron chi connectivity index (χ4n) is 1.15. The second kappa shape index (κ2) is 6.06. The summed E-state index contributed by atoms with van der Waals surface area (Å²) >= 11 is 3.30. The molecule has 0 aliphatic rings. The molecule has 88 valence electrons. The minimum Gasteiger partial charge on any atom is -0.478 e. The van der Waals surface area contributed by atoms with Crippen molar-refractivity contribution in [3.63, 3.8) is 0 Å². The van der Waals surface area contributed by atoms with E-state index in [9.17, 15) is 4.79 Å². The Bertz CT molecular complexity index is 491. The highest BCUT2D eigenvalue weighted by atomic mass is 79.9. The van der Waals surface area contributed by atoms with E-state index in [2.05, 4.69) is 15.9 Å². The molecule has 5 heteroatoms. The average molecular weight is 296 g/mol. The smallest absolute Gasteiger partial charge is 0.328 e. The fraction of sp³-hybridized carbons (Fsp3) is 0.167. The second-order valence-electron chi connectivity index (χ2n) is 3.22. The molecule has 17 heavy (non-hydrogen) atoms. The Labute approximate surface area is 107 Å². The van der Waals surface area contributed by atoms with Crippen LogP contribution in [0.4, 0.5) is 0 Å². The van der Waals surface area contributed by atoms with Gasteiger partial charge in [-0.15, -0.1) is 0 Å². The van der Waals surface area contributed by atoms with E-state index in [1.165, 1.54) is 6.08 Å². The average Bonchev–Trinajstić information content (AvgIpc) is 2.29. The Kier molecular flexibility index (Phi) is 4.73. The van der Waals surface area contributed by atoms with Crippen LogP contribution in [0.5, 0.6) is 5.75 Å². The summed E-state index contributed by atoms with van der Waals surface area (Å²) in [5.41, 5.74) is 0.601. The number of aliphatic carboxylic acids is 1. The first-order chi connectivity index (χ1) is 8.04. The molecule has 4 nitrogen and oxygen atoms in total. The van der Waals surface area contributed by atoms with Crippen LogP contribution in [0.2, 0.25) is 0 Å². The first-order valence-electron chi connectivity index (χ1n) is 4.80. The first-order valence-corrected chi connectivity index (χ1v) is 5.59. The van der Waals surface area contributed by atoms with Crippen molar-refractivity contribution >= 4 is 28.0 Å². The van der Waals surface area contributed by atoms with E-state index >= 15 is 0 Å². The molecule has 0 fully saturated rings. The maximum Gasteiger partial charge on any atom is 0.328 e. The third kappa shape index (κ3) is 3.93. The van der Waals surface area contributed by atoms with Crippen LogP contribution in [0.1, 0.15) is 12.5 Å². The lowest BCUT2D eigenvalue weighted by Crippen LogP contribution is -2.09. The van der Waals surface area contributed by atoms with Gasteiger partial charge >= 0.3 is 5.97 Å². The van der Waals surface area contributed by atoms with Crippen molar-refractivity contribution in [1.82, 2.24) is 0 Å². The minimum absolute atomic E-state index is 0.457. The van der Waals surface area contributed by atoms with Crippen LogP contribution in [0.25, 0.3) is 6.08 Å². The topological polar surface area (TPSA) is 70.3 Å². The molecule has 1 atom stereocenters. The summed E-state index contributed by atoms with van der Waals surface area (Å²) < 4.78 is 6.08. The van der Waals surface area contributed by atoms with Crippen molar-refractivity contribution < 1.29 is 14.6 Å². The molecule has 0 aromatic heterocycles. The van der Waals surface area contributed by atoms with Gasteiger partial charge in [0, 0.05) is 11.6 Å². The molecule has 0 heterocycles. The van der Waals surface area contributed by atoms with Crippen LogP contribution in [-0.2, 0) is 4.79 Å². The third-order valence-corrected chi connectivity index (χ3v) is 2.50. The van der Waals surface area contributed by atoms with Gasteiger partial charge < -0.3 is 9.84 Å². The van der Waals surface area contributed by atoms with Crippen molar-refractivity contribution in [2.45, 2.75) is 13.0 Å². The molecule has 0 bridgehead atoms. The van der Waals surface area contributed by atoms with Gasteiger partial charge in [0.15, 0.2) is 6.10 Å². The van der Waals surface area contributed by atoms with Gasteiger partial charge in [0.2, 0.25) is 0 Å². The van der Waals surface area contributed by atoms with Gasteiger partial charge in [-0.3, -0.25) is 0 Å². The molecule has 0 spiro atoms. The molecule has 1 rings (SSSR count). The molecule has 1 N–H and O–H groups in total. The van der Waals surface area contributed by atoms with E-state index < -0.39 is 12.1 Å². The lowest BCUT2D eigenvalue weighted by molar-refractivity contribution is -0.131. The SMILES string of the molecule is CC(C#N)Oc1c(Br)cccc1C=CC(=O)O. The first kappa shape index (κ1) is 13.3. The molecule has 0 amide bonds. The van der Waals surface area contributed by atoms with Crippen LogP contribution in [0.3, 0.4) is 0 Å². The van der Waals surface area contributed by atoms with E-state index in [1.54, 1.807) is 25.1 Å². The number of carboxylic acids is 1. The van der Waals surface area contributed by atoms with Crippen molar-refractivity contribution in [3.8, 4) is 11.8 Å². The van der Waals surface area contributed by atoms with Crippen molar-refractivity contribution in [1.29, 1.82) is 5.26 Å². The molecule has 0 aliphatic carbocycles. The Morgan fingerprint density at radius 3 is 2.94 bits per heavy atom. The number of hydrogen-bond acceptors (Lipinski definition) is 3. The Morgan fingerprint density at radius 2 is 2.35 bits per heavy atom. The van der Waals surface area contributed by atoms with E-state index in [0.29, 0.717) is 15.8 Å². The highest BCUT2D eigenvalue weighted by Crippen LogP contribution is 2.30. The molecule has 0 radical (unpaired) electrons. The quantitative estimate of drug-likeness (QED) is 0.867. The summed E-state index contributed by atoms with van der Waals surface area (Å²) in [5.74, 6) is -0.580. The largest absolute Gasteiger partial charge is 0.478 e. The van der Waals surface area contributed by atoms with E-state index in [-0.39, 0.29) is 0 Å². The van der Waals surface area contributed by atoms with Crippen LogP contribution in [-0.4, -0.2) is 17.2 Å². The monoisotopic (exact) mass is 295 g/mol.